The minimum atomic E-state index is -0.414. The number of benzene rings is 1. The molecule has 0 bridgehead atoms. The molecule has 1 saturated heterocycles. The summed E-state index contributed by atoms with van der Waals surface area (Å²) in [6.07, 6.45) is 0.814. The van der Waals surface area contributed by atoms with Crippen LogP contribution < -0.4 is 4.90 Å². The zero-order valence-electron chi connectivity index (χ0n) is 12.6. The molecule has 0 amide bonds. The molecule has 0 radical (unpaired) electrons. The Morgan fingerprint density at radius 3 is 2.65 bits per heavy atom. The summed E-state index contributed by atoms with van der Waals surface area (Å²) in [4.78, 5) is 4.98. The van der Waals surface area contributed by atoms with Crippen molar-refractivity contribution in [2.24, 2.45) is 0 Å². The van der Waals surface area contributed by atoms with Gasteiger partial charge in [-0.05, 0) is 60.1 Å². The van der Waals surface area contributed by atoms with E-state index in [1.54, 1.807) is 6.92 Å². The van der Waals surface area contributed by atoms with Crippen molar-refractivity contribution in [3.8, 4) is 0 Å². The molecule has 1 aliphatic rings. The molecule has 1 aromatic carbocycles. The second-order valence-corrected chi connectivity index (χ2v) is 6.35. The SMILES string of the molecule is CCN(CC)C1CCN(c2ccc(C(C)O)cc2Br)C1. The first-order chi connectivity index (χ1) is 9.56. The molecule has 1 fully saturated rings. The Balaban J connectivity index is 2.10. The topological polar surface area (TPSA) is 26.7 Å². The normalized spacial score (nSPS) is 20.7. The van der Waals surface area contributed by atoms with Crippen molar-refractivity contribution >= 4 is 21.6 Å². The summed E-state index contributed by atoms with van der Waals surface area (Å²) in [5.41, 5.74) is 2.20. The lowest BCUT2D eigenvalue weighted by Gasteiger charge is -2.27. The zero-order chi connectivity index (χ0) is 14.7. The Hall–Kier alpha value is -0.580. The summed E-state index contributed by atoms with van der Waals surface area (Å²) < 4.78 is 1.08. The monoisotopic (exact) mass is 340 g/mol. The molecule has 4 heteroatoms. The van der Waals surface area contributed by atoms with E-state index in [1.165, 1.54) is 12.1 Å². The van der Waals surface area contributed by atoms with E-state index in [4.69, 9.17) is 0 Å². The predicted molar refractivity (Wildman–Crippen MR) is 88.3 cm³/mol. The van der Waals surface area contributed by atoms with Crippen LogP contribution >= 0.6 is 15.9 Å². The van der Waals surface area contributed by atoms with Crippen molar-refractivity contribution in [2.45, 2.75) is 39.3 Å². The Kier molecular flexibility index (Phi) is 5.47. The van der Waals surface area contributed by atoms with Crippen LogP contribution in [0.1, 0.15) is 38.9 Å². The highest BCUT2D eigenvalue weighted by atomic mass is 79.9. The standard InChI is InChI=1S/C16H25BrN2O/c1-4-18(5-2)14-8-9-19(11-14)16-7-6-13(12(3)20)10-15(16)17/h6-7,10,12,14,20H,4-5,8-9,11H2,1-3H3. The van der Waals surface area contributed by atoms with E-state index in [0.29, 0.717) is 6.04 Å². The number of hydrogen-bond donors (Lipinski definition) is 1. The fourth-order valence-electron chi connectivity index (χ4n) is 3.04. The van der Waals surface area contributed by atoms with Crippen molar-refractivity contribution in [3.05, 3.63) is 28.2 Å². The van der Waals surface area contributed by atoms with Crippen LogP contribution in [-0.4, -0.2) is 42.2 Å². The van der Waals surface area contributed by atoms with E-state index in [2.05, 4.69) is 45.6 Å². The third-order valence-electron chi connectivity index (χ3n) is 4.29. The van der Waals surface area contributed by atoms with Crippen molar-refractivity contribution in [1.82, 2.24) is 4.90 Å². The average molecular weight is 341 g/mol. The van der Waals surface area contributed by atoms with Crippen molar-refractivity contribution in [2.75, 3.05) is 31.1 Å². The molecular formula is C16H25BrN2O. The smallest absolute Gasteiger partial charge is 0.0762 e. The van der Waals surface area contributed by atoms with Crippen molar-refractivity contribution < 1.29 is 5.11 Å². The quantitative estimate of drug-likeness (QED) is 0.889. The molecule has 1 aromatic rings. The molecule has 1 aliphatic heterocycles. The van der Waals surface area contributed by atoms with Gasteiger partial charge in [0.15, 0.2) is 0 Å². The van der Waals surface area contributed by atoms with Crippen LogP contribution in [0.5, 0.6) is 0 Å². The Morgan fingerprint density at radius 2 is 2.10 bits per heavy atom. The van der Waals surface area contributed by atoms with Gasteiger partial charge in [-0.1, -0.05) is 19.9 Å². The van der Waals surface area contributed by atoms with E-state index in [-0.39, 0.29) is 0 Å². The molecule has 3 nitrogen and oxygen atoms in total. The number of aliphatic hydroxyl groups is 1. The lowest BCUT2D eigenvalue weighted by atomic mass is 10.1. The Bertz CT molecular complexity index is 446. The van der Waals surface area contributed by atoms with Gasteiger partial charge in [-0.15, -0.1) is 0 Å². The molecule has 20 heavy (non-hydrogen) atoms. The van der Waals surface area contributed by atoms with E-state index < -0.39 is 6.10 Å². The van der Waals surface area contributed by atoms with Gasteiger partial charge in [0.2, 0.25) is 0 Å². The molecular weight excluding hydrogens is 316 g/mol. The van der Waals surface area contributed by atoms with Crippen LogP contribution in [0.15, 0.2) is 22.7 Å². The zero-order valence-corrected chi connectivity index (χ0v) is 14.2. The second kappa shape index (κ2) is 6.92. The summed E-state index contributed by atoms with van der Waals surface area (Å²) in [5, 5.41) is 9.64. The van der Waals surface area contributed by atoms with Gasteiger partial charge in [0.25, 0.3) is 0 Å². The molecule has 0 saturated carbocycles. The van der Waals surface area contributed by atoms with E-state index >= 15 is 0 Å². The van der Waals surface area contributed by atoms with Crippen LogP contribution in [0, 0.1) is 0 Å². The molecule has 2 rings (SSSR count). The molecule has 0 aliphatic carbocycles. The first kappa shape index (κ1) is 15.8. The predicted octanol–water partition coefficient (Wildman–Crippen LogP) is 3.42. The molecule has 0 aromatic heterocycles. The van der Waals surface area contributed by atoms with Crippen LogP contribution in [-0.2, 0) is 0 Å². The van der Waals surface area contributed by atoms with Gasteiger partial charge in [-0.2, -0.15) is 0 Å². The number of aliphatic hydroxyl groups excluding tert-OH is 1. The average Bonchev–Trinajstić information content (AvgIpc) is 2.89. The first-order valence-electron chi connectivity index (χ1n) is 7.53. The highest BCUT2D eigenvalue weighted by Gasteiger charge is 2.27. The number of nitrogens with zero attached hydrogens (tertiary/aromatic N) is 2. The third-order valence-corrected chi connectivity index (χ3v) is 4.92. The molecule has 1 N–H and O–H groups in total. The maximum Gasteiger partial charge on any atom is 0.0762 e. The van der Waals surface area contributed by atoms with Crippen LogP contribution in [0.2, 0.25) is 0 Å². The Morgan fingerprint density at radius 1 is 1.40 bits per heavy atom. The molecule has 1 heterocycles. The van der Waals surface area contributed by atoms with E-state index in [0.717, 1.165) is 36.2 Å². The van der Waals surface area contributed by atoms with Crippen LogP contribution in [0.4, 0.5) is 5.69 Å². The van der Waals surface area contributed by atoms with Crippen LogP contribution in [0.25, 0.3) is 0 Å². The summed E-state index contributed by atoms with van der Waals surface area (Å²) in [5.74, 6) is 0. The van der Waals surface area contributed by atoms with Crippen LogP contribution in [0.3, 0.4) is 0 Å². The number of likely N-dealkylation sites (N-methyl/N-ethyl adjacent to an activating group) is 1. The van der Waals surface area contributed by atoms with Gasteiger partial charge in [-0.25, -0.2) is 0 Å². The Labute approximate surface area is 130 Å². The highest BCUT2D eigenvalue weighted by Crippen LogP contribution is 2.32. The summed E-state index contributed by atoms with van der Waals surface area (Å²) in [7, 11) is 0. The van der Waals surface area contributed by atoms with Gasteiger partial charge in [0, 0.05) is 23.6 Å². The number of hydrogen-bond acceptors (Lipinski definition) is 3. The van der Waals surface area contributed by atoms with Gasteiger partial charge >= 0.3 is 0 Å². The van der Waals surface area contributed by atoms with Gasteiger partial charge in [-0.3, -0.25) is 4.90 Å². The first-order valence-corrected chi connectivity index (χ1v) is 8.32. The maximum absolute atomic E-state index is 9.64. The van der Waals surface area contributed by atoms with Gasteiger partial charge in [0.1, 0.15) is 0 Å². The highest BCUT2D eigenvalue weighted by molar-refractivity contribution is 9.10. The number of anilines is 1. The lowest BCUT2D eigenvalue weighted by molar-refractivity contribution is 0.199. The fraction of sp³-hybridized carbons (Fsp3) is 0.625. The number of halogens is 1. The van der Waals surface area contributed by atoms with E-state index in [1.807, 2.05) is 12.1 Å². The summed E-state index contributed by atoms with van der Waals surface area (Å²) in [6.45, 7) is 10.7. The van der Waals surface area contributed by atoms with Crippen molar-refractivity contribution in [3.63, 3.8) is 0 Å². The van der Waals surface area contributed by atoms with Gasteiger partial charge in [0.05, 0.1) is 11.8 Å². The van der Waals surface area contributed by atoms with Gasteiger partial charge < -0.3 is 10.0 Å². The van der Waals surface area contributed by atoms with Crippen molar-refractivity contribution in [1.29, 1.82) is 0 Å². The molecule has 2 atom stereocenters. The number of rotatable bonds is 5. The second-order valence-electron chi connectivity index (χ2n) is 5.50. The molecule has 2 unspecified atom stereocenters. The minimum absolute atomic E-state index is 0.414. The minimum Gasteiger partial charge on any atom is -0.389 e. The summed E-state index contributed by atoms with van der Waals surface area (Å²) in [6, 6.07) is 6.84. The third kappa shape index (κ3) is 3.35. The molecule has 0 spiro atoms. The largest absolute Gasteiger partial charge is 0.389 e. The molecule has 112 valence electrons. The van der Waals surface area contributed by atoms with E-state index in [9.17, 15) is 5.11 Å². The fourth-order valence-corrected chi connectivity index (χ4v) is 3.69. The maximum atomic E-state index is 9.64. The summed E-state index contributed by atoms with van der Waals surface area (Å²) >= 11 is 3.65. The lowest BCUT2D eigenvalue weighted by Crippen LogP contribution is -2.37.